The lowest BCUT2D eigenvalue weighted by atomic mass is 10.2. The molecular weight excluding hydrogens is 376 g/mol. The van der Waals surface area contributed by atoms with Crippen molar-refractivity contribution in [1.82, 2.24) is 0 Å². The predicted molar refractivity (Wildman–Crippen MR) is 108 cm³/mol. The van der Waals surface area contributed by atoms with Crippen LogP contribution in [-0.4, -0.2) is 38.6 Å². The Labute approximate surface area is 169 Å². The van der Waals surface area contributed by atoms with Crippen LogP contribution in [0.5, 0.6) is 11.5 Å². The maximum Gasteiger partial charge on any atom is 0.306 e. The zero-order chi connectivity index (χ0) is 21.2. The van der Waals surface area contributed by atoms with Crippen LogP contribution in [0.3, 0.4) is 0 Å². The molecule has 0 aliphatic carbocycles. The Morgan fingerprint density at radius 2 is 1.69 bits per heavy atom. The largest absolute Gasteiger partial charge is 0.497 e. The van der Waals surface area contributed by atoms with Gasteiger partial charge < -0.3 is 24.8 Å². The molecule has 8 nitrogen and oxygen atoms in total. The quantitative estimate of drug-likeness (QED) is 0.628. The second-order valence-electron chi connectivity index (χ2n) is 6.19. The molecule has 2 aromatic carbocycles. The number of nitrogens with one attached hydrogen (secondary N) is 2. The molecule has 0 radical (unpaired) electrons. The number of rotatable bonds is 9. The van der Waals surface area contributed by atoms with Gasteiger partial charge in [0.1, 0.15) is 11.5 Å². The second-order valence-corrected chi connectivity index (χ2v) is 6.19. The van der Waals surface area contributed by atoms with Crippen LogP contribution in [0.4, 0.5) is 11.4 Å². The number of aryl methyl sites for hydroxylation is 1. The van der Waals surface area contributed by atoms with E-state index in [0.29, 0.717) is 22.9 Å². The highest BCUT2D eigenvalue weighted by Crippen LogP contribution is 2.28. The van der Waals surface area contributed by atoms with Crippen molar-refractivity contribution in [3.8, 4) is 11.5 Å². The number of ether oxygens (including phenoxy) is 3. The summed E-state index contributed by atoms with van der Waals surface area (Å²) in [6.07, 6.45) is -0.175. The number of hydrogen-bond acceptors (Lipinski definition) is 6. The molecule has 154 valence electrons. The van der Waals surface area contributed by atoms with E-state index < -0.39 is 18.5 Å². The lowest BCUT2D eigenvalue weighted by molar-refractivity contribution is -0.147. The number of amides is 2. The Balaban J connectivity index is 1.76. The summed E-state index contributed by atoms with van der Waals surface area (Å²) in [5.41, 5.74) is 2.07. The Bertz CT molecular complexity index is 881. The zero-order valence-electron chi connectivity index (χ0n) is 16.6. The smallest absolute Gasteiger partial charge is 0.306 e. The summed E-state index contributed by atoms with van der Waals surface area (Å²) < 4.78 is 15.2. The average Bonchev–Trinajstić information content (AvgIpc) is 2.70. The first-order valence-corrected chi connectivity index (χ1v) is 8.95. The van der Waals surface area contributed by atoms with Crippen LogP contribution in [0.1, 0.15) is 18.4 Å². The standard InChI is InChI=1S/C21H24N2O6/c1-14-5-4-6-15(11-14)22-19(24)9-10-21(26)29-13-20(25)23-17-12-16(27-2)7-8-18(17)28-3/h4-8,11-12H,9-10,13H2,1-3H3,(H,22,24)(H,23,25). The van der Waals surface area contributed by atoms with Crippen molar-refractivity contribution in [1.29, 1.82) is 0 Å². The van der Waals surface area contributed by atoms with Crippen LogP contribution in [0.25, 0.3) is 0 Å². The summed E-state index contributed by atoms with van der Waals surface area (Å²) >= 11 is 0. The Morgan fingerprint density at radius 1 is 0.897 bits per heavy atom. The van der Waals surface area contributed by atoms with Gasteiger partial charge in [0.25, 0.3) is 5.91 Å². The normalized spacial score (nSPS) is 10.0. The van der Waals surface area contributed by atoms with E-state index in [4.69, 9.17) is 14.2 Å². The highest BCUT2D eigenvalue weighted by Gasteiger charge is 2.13. The number of carbonyl (C=O) groups is 3. The number of carbonyl (C=O) groups excluding carboxylic acids is 3. The van der Waals surface area contributed by atoms with Gasteiger partial charge in [-0.2, -0.15) is 0 Å². The van der Waals surface area contributed by atoms with Gasteiger partial charge in [0.15, 0.2) is 6.61 Å². The Kier molecular flexibility index (Phi) is 8.02. The third kappa shape index (κ3) is 7.17. The summed E-state index contributed by atoms with van der Waals surface area (Å²) in [4.78, 5) is 35.8. The molecule has 2 amide bonds. The van der Waals surface area contributed by atoms with E-state index in [9.17, 15) is 14.4 Å². The third-order valence-electron chi connectivity index (χ3n) is 3.90. The molecule has 2 rings (SSSR count). The summed E-state index contributed by atoms with van der Waals surface area (Å²) in [5.74, 6) is -0.500. The SMILES string of the molecule is COc1ccc(OC)c(NC(=O)COC(=O)CCC(=O)Nc2cccc(C)c2)c1. The summed E-state index contributed by atoms with van der Waals surface area (Å²) in [5, 5.41) is 5.30. The fraction of sp³-hybridized carbons (Fsp3) is 0.286. The molecule has 0 aromatic heterocycles. The molecule has 0 fully saturated rings. The first-order chi connectivity index (χ1) is 13.9. The van der Waals surface area contributed by atoms with Crippen LogP contribution >= 0.6 is 0 Å². The van der Waals surface area contributed by atoms with Gasteiger partial charge in [0, 0.05) is 18.2 Å². The molecule has 0 saturated heterocycles. The third-order valence-corrected chi connectivity index (χ3v) is 3.90. The molecule has 29 heavy (non-hydrogen) atoms. The van der Waals surface area contributed by atoms with Crippen molar-refractivity contribution in [2.75, 3.05) is 31.5 Å². The molecule has 0 atom stereocenters. The maximum absolute atomic E-state index is 12.0. The number of methoxy groups -OCH3 is 2. The van der Waals surface area contributed by atoms with E-state index in [2.05, 4.69) is 10.6 Å². The monoisotopic (exact) mass is 400 g/mol. The molecule has 2 N–H and O–H groups in total. The molecular formula is C21H24N2O6. The highest BCUT2D eigenvalue weighted by atomic mass is 16.5. The molecule has 0 saturated carbocycles. The van der Waals surface area contributed by atoms with Gasteiger partial charge in [-0.25, -0.2) is 0 Å². The zero-order valence-corrected chi connectivity index (χ0v) is 16.6. The van der Waals surface area contributed by atoms with Crippen LogP contribution in [0.2, 0.25) is 0 Å². The van der Waals surface area contributed by atoms with E-state index in [1.54, 1.807) is 24.3 Å². The van der Waals surface area contributed by atoms with Crippen molar-refractivity contribution < 1.29 is 28.6 Å². The van der Waals surface area contributed by atoms with Crippen LogP contribution in [0, 0.1) is 6.92 Å². The molecule has 0 unspecified atom stereocenters. The van der Waals surface area contributed by atoms with Gasteiger partial charge in [-0.05, 0) is 36.8 Å². The lowest BCUT2D eigenvalue weighted by Crippen LogP contribution is -2.22. The minimum Gasteiger partial charge on any atom is -0.497 e. The van der Waals surface area contributed by atoms with Crippen molar-refractivity contribution in [2.24, 2.45) is 0 Å². The van der Waals surface area contributed by atoms with Gasteiger partial charge >= 0.3 is 5.97 Å². The average molecular weight is 400 g/mol. The summed E-state index contributed by atoms with van der Waals surface area (Å²) in [6, 6.07) is 12.3. The molecule has 0 spiro atoms. The van der Waals surface area contributed by atoms with Gasteiger partial charge in [-0.15, -0.1) is 0 Å². The summed E-state index contributed by atoms with van der Waals surface area (Å²) in [7, 11) is 2.98. The van der Waals surface area contributed by atoms with Gasteiger partial charge in [-0.1, -0.05) is 12.1 Å². The van der Waals surface area contributed by atoms with E-state index in [1.165, 1.54) is 14.2 Å². The van der Waals surface area contributed by atoms with Gasteiger partial charge in [0.05, 0.1) is 26.3 Å². The van der Waals surface area contributed by atoms with Crippen molar-refractivity contribution in [2.45, 2.75) is 19.8 Å². The van der Waals surface area contributed by atoms with E-state index in [-0.39, 0.29) is 18.7 Å². The molecule has 0 aliphatic heterocycles. The van der Waals surface area contributed by atoms with E-state index >= 15 is 0 Å². The highest BCUT2D eigenvalue weighted by molar-refractivity contribution is 5.95. The predicted octanol–water partition coefficient (Wildman–Crippen LogP) is 2.91. The minimum atomic E-state index is -0.642. The first-order valence-electron chi connectivity index (χ1n) is 8.95. The number of anilines is 2. The van der Waals surface area contributed by atoms with E-state index in [0.717, 1.165) is 5.56 Å². The molecule has 0 aliphatic rings. The van der Waals surface area contributed by atoms with E-state index in [1.807, 2.05) is 25.1 Å². The fourth-order valence-corrected chi connectivity index (χ4v) is 2.48. The van der Waals surface area contributed by atoms with Gasteiger partial charge in [0.2, 0.25) is 5.91 Å². The molecule has 2 aromatic rings. The number of benzene rings is 2. The van der Waals surface area contributed by atoms with Crippen molar-refractivity contribution >= 4 is 29.2 Å². The Hall–Kier alpha value is -3.55. The van der Waals surface area contributed by atoms with Crippen LogP contribution in [0.15, 0.2) is 42.5 Å². The topological polar surface area (TPSA) is 103 Å². The lowest BCUT2D eigenvalue weighted by Gasteiger charge is -2.12. The molecule has 0 bridgehead atoms. The van der Waals surface area contributed by atoms with Crippen LogP contribution < -0.4 is 20.1 Å². The fourth-order valence-electron chi connectivity index (χ4n) is 2.48. The van der Waals surface area contributed by atoms with Crippen molar-refractivity contribution in [3.05, 3.63) is 48.0 Å². The number of esters is 1. The number of hydrogen-bond donors (Lipinski definition) is 2. The molecule has 0 heterocycles. The second kappa shape index (κ2) is 10.7. The maximum atomic E-state index is 12.0. The molecule has 8 heteroatoms. The first kappa shape index (κ1) is 21.7. The summed E-state index contributed by atoms with van der Waals surface area (Å²) in [6.45, 7) is 1.44. The van der Waals surface area contributed by atoms with Crippen LogP contribution in [-0.2, 0) is 19.1 Å². The Morgan fingerprint density at radius 3 is 2.38 bits per heavy atom. The minimum absolute atomic E-state index is 0.0436. The van der Waals surface area contributed by atoms with Gasteiger partial charge in [-0.3, -0.25) is 14.4 Å². The van der Waals surface area contributed by atoms with Crippen molar-refractivity contribution in [3.63, 3.8) is 0 Å².